The normalized spacial score (nSPS) is 15.8. The van der Waals surface area contributed by atoms with E-state index in [2.05, 4.69) is 26.2 Å². The smallest absolute Gasteiger partial charge is 0.264 e. The Kier molecular flexibility index (Phi) is 6.92. The zero-order chi connectivity index (χ0) is 22.5. The van der Waals surface area contributed by atoms with Gasteiger partial charge in [0.25, 0.3) is 5.91 Å². The van der Waals surface area contributed by atoms with Crippen molar-refractivity contribution in [2.24, 2.45) is 4.99 Å². The Bertz CT molecular complexity index is 1190. The number of carbonyl (C=O) groups is 1. The second-order valence-electron chi connectivity index (χ2n) is 6.78. The van der Waals surface area contributed by atoms with Crippen molar-refractivity contribution < 1.29 is 18.7 Å². The van der Waals surface area contributed by atoms with Crippen LogP contribution in [0.2, 0.25) is 0 Å². The summed E-state index contributed by atoms with van der Waals surface area (Å²) in [6.07, 6.45) is 1.80. The first-order valence-corrected chi connectivity index (χ1v) is 11.2. The standard InChI is InChI=1S/C24H18BrFN2O3S/c1-30-19-9-7-18(8-10-19)27-24-28-23(29)22(32-24)13-16-4-11-21(20(25)12-16)31-14-15-2-5-17(26)6-3-15/h2-13H,14H2,1H3,(H,27,28,29)/b22-13+. The number of aliphatic imine (C=N–C) groups is 1. The number of amides is 1. The molecule has 1 saturated heterocycles. The Labute approximate surface area is 197 Å². The number of ether oxygens (including phenoxy) is 2. The molecule has 0 saturated carbocycles. The van der Waals surface area contributed by atoms with Gasteiger partial charge < -0.3 is 14.8 Å². The monoisotopic (exact) mass is 512 g/mol. The van der Waals surface area contributed by atoms with E-state index in [0.717, 1.165) is 27.0 Å². The van der Waals surface area contributed by atoms with E-state index in [-0.39, 0.29) is 11.7 Å². The second kappa shape index (κ2) is 10.0. The molecule has 3 aromatic carbocycles. The van der Waals surface area contributed by atoms with Crippen molar-refractivity contribution in [2.75, 3.05) is 7.11 Å². The number of hydrogen-bond donors (Lipinski definition) is 1. The van der Waals surface area contributed by atoms with Crippen LogP contribution in [-0.2, 0) is 11.4 Å². The Morgan fingerprint density at radius 1 is 1.09 bits per heavy atom. The molecule has 0 radical (unpaired) electrons. The molecule has 162 valence electrons. The van der Waals surface area contributed by atoms with E-state index in [4.69, 9.17) is 9.47 Å². The van der Waals surface area contributed by atoms with Gasteiger partial charge in [0.15, 0.2) is 5.17 Å². The number of nitrogens with zero attached hydrogens (tertiary/aromatic N) is 1. The van der Waals surface area contributed by atoms with Gasteiger partial charge in [-0.1, -0.05) is 18.2 Å². The predicted molar refractivity (Wildman–Crippen MR) is 129 cm³/mol. The van der Waals surface area contributed by atoms with Crippen LogP contribution in [0, 0.1) is 5.82 Å². The van der Waals surface area contributed by atoms with Crippen LogP contribution in [-0.4, -0.2) is 18.2 Å². The van der Waals surface area contributed by atoms with Crippen LogP contribution in [0.4, 0.5) is 10.1 Å². The third kappa shape index (κ3) is 5.57. The van der Waals surface area contributed by atoms with Crippen molar-refractivity contribution in [3.05, 3.63) is 93.1 Å². The Morgan fingerprint density at radius 2 is 1.84 bits per heavy atom. The summed E-state index contributed by atoms with van der Waals surface area (Å²) < 4.78 is 24.7. The first-order chi connectivity index (χ1) is 15.5. The van der Waals surface area contributed by atoms with Crippen LogP contribution in [0.3, 0.4) is 0 Å². The number of hydrogen-bond acceptors (Lipinski definition) is 5. The largest absolute Gasteiger partial charge is 0.497 e. The molecule has 32 heavy (non-hydrogen) atoms. The molecule has 1 amide bonds. The number of halogens is 2. The minimum Gasteiger partial charge on any atom is -0.497 e. The predicted octanol–water partition coefficient (Wildman–Crippen LogP) is 6.07. The maximum Gasteiger partial charge on any atom is 0.264 e. The number of thioether (sulfide) groups is 1. The van der Waals surface area contributed by atoms with Crippen molar-refractivity contribution >= 4 is 50.5 Å². The fourth-order valence-corrected chi connectivity index (χ4v) is 4.22. The summed E-state index contributed by atoms with van der Waals surface area (Å²) in [7, 11) is 1.60. The van der Waals surface area contributed by atoms with Gasteiger partial charge in [0.2, 0.25) is 0 Å². The molecular weight excluding hydrogens is 495 g/mol. The topological polar surface area (TPSA) is 59.9 Å². The van der Waals surface area contributed by atoms with Gasteiger partial charge in [0, 0.05) is 0 Å². The Morgan fingerprint density at radius 3 is 2.53 bits per heavy atom. The summed E-state index contributed by atoms with van der Waals surface area (Å²) in [5.41, 5.74) is 2.43. The van der Waals surface area contributed by atoms with E-state index in [1.54, 1.807) is 25.3 Å². The highest BCUT2D eigenvalue weighted by Gasteiger charge is 2.23. The van der Waals surface area contributed by atoms with Gasteiger partial charge in [-0.05, 0) is 93.4 Å². The number of nitrogens with one attached hydrogen (secondary N) is 1. The van der Waals surface area contributed by atoms with Crippen LogP contribution >= 0.6 is 27.7 Å². The molecule has 3 aromatic rings. The number of benzene rings is 3. The number of carbonyl (C=O) groups excluding carboxylic acids is 1. The molecule has 8 heteroatoms. The molecule has 0 atom stereocenters. The lowest BCUT2D eigenvalue weighted by molar-refractivity contribution is -0.115. The van der Waals surface area contributed by atoms with Crippen LogP contribution in [0.5, 0.6) is 11.5 Å². The van der Waals surface area contributed by atoms with Crippen molar-refractivity contribution in [3.63, 3.8) is 0 Å². The van der Waals surface area contributed by atoms with Crippen molar-refractivity contribution in [2.45, 2.75) is 6.61 Å². The number of methoxy groups -OCH3 is 1. The third-order valence-corrected chi connectivity index (χ3v) is 6.04. The van der Waals surface area contributed by atoms with Crippen molar-refractivity contribution in [3.8, 4) is 11.5 Å². The van der Waals surface area contributed by atoms with E-state index < -0.39 is 0 Å². The molecule has 5 nitrogen and oxygen atoms in total. The quantitative estimate of drug-likeness (QED) is 0.407. The summed E-state index contributed by atoms with van der Waals surface area (Å²) in [6.45, 7) is 0.322. The summed E-state index contributed by atoms with van der Waals surface area (Å²) in [4.78, 5) is 17.4. The zero-order valence-corrected chi connectivity index (χ0v) is 19.4. The highest BCUT2D eigenvalue weighted by molar-refractivity contribution is 9.10. The minimum absolute atomic E-state index is 0.199. The minimum atomic E-state index is -0.279. The Balaban J connectivity index is 1.43. The fourth-order valence-electron chi connectivity index (χ4n) is 2.87. The molecular formula is C24H18BrFN2O3S. The van der Waals surface area contributed by atoms with Crippen LogP contribution < -0.4 is 14.8 Å². The van der Waals surface area contributed by atoms with E-state index in [9.17, 15) is 9.18 Å². The van der Waals surface area contributed by atoms with Gasteiger partial charge >= 0.3 is 0 Å². The molecule has 1 heterocycles. The molecule has 1 N–H and O–H groups in total. The molecule has 1 fully saturated rings. The number of amidine groups is 1. The molecule has 1 aliphatic rings. The number of rotatable bonds is 6. The van der Waals surface area contributed by atoms with Gasteiger partial charge in [-0.15, -0.1) is 0 Å². The lowest BCUT2D eigenvalue weighted by Gasteiger charge is -2.09. The van der Waals surface area contributed by atoms with Gasteiger partial charge in [-0.25, -0.2) is 9.38 Å². The summed E-state index contributed by atoms with van der Waals surface area (Å²) in [6, 6.07) is 19.0. The molecule has 0 unspecified atom stereocenters. The summed E-state index contributed by atoms with van der Waals surface area (Å²) in [5, 5.41) is 3.30. The first-order valence-electron chi connectivity index (χ1n) is 9.60. The highest BCUT2D eigenvalue weighted by atomic mass is 79.9. The SMILES string of the molecule is COc1ccc(N=C2NC(=O)/C(=C\c3ccc(OCc4ccc(F)cc4)c(Br)c3)S2)cc1. The van der Waals surface area contributed by atoms with E-state index in [0.29, 0.717) is 22.4 Å². The van der Waals surface area contributed by atoms with E-state index in [1.807, 2.05) is 42.5 Å². The van der Waals surface area contributed by atoms with Crippen molar-refractivity contribution in [1.29, 1.82) is 0 Å². The van der Waals surface area contributed by atoms with Gasteiger partial charge in [0.1, 0.15) is 23.9 Å². The van der Waals surface area contributed by atoms with Crippen LogP contribution in [0.1, 0.15) is 11.1 Å². The maximum atomic E-state index is 13.0. The van der Waals surface area contributed by atoms with Crippen molar-refractivity contribution in [1.82, 2.24) is 5.32 Å². The molecule has 0 bridgehead atoms. The average molecular weight is 513 g/mol. The zero-order valence-electron chi connectivity index (χ0n) is 17.0. The van der Waals surface area contributed by atoms with E-state index >= 15 is 0 Å². The van der Waals surface area contributed by atoms with Gasteiger partial charge in [-0.2, -0.15) is 0 Å². The molecule has 1 aliphatic heterocycles. The average Bonchev–Trinajstić information content (AvgIpc) is 3.13. The molecule has 0 spiro atoms. The highest BCUT2D eigenvalue weighted by Crippen LogP contribution is 2.31. The lowest BCUT2D eigenvalue weighted by Crippen LogP contribution is -2.19. The fraction of sp³-hybridized carbons (Fsp3) is 0.0833. The first kappa shape index (κ1) is 22.1. The van der Waals surface area contributed by atoms with E-state index in [1.165, 1.54) is 23.9 Å². The Hall–Kier alpha value is -3.10. The maximum absolute atomic E-state index is 13.0. The van der Waals surface area contributed by atoms with Crippen LogP contribution in [0.25, 0.3) is 6.08 Å². The summed E-state index contributed by atoms with van der Waals surface area (Å²) in [5.74, 6) is 0.920. The van der Waals surface area contributed by atoms with Gasteiger partial charge in [-0.3, -0.25) is 4.79 Å². The second-order valence-corrected chi connectivity index (χ2v) is 8.67. The van der Waals surface area contributed by atoms with Crippen LogP contribution in [0.15, 0.2) is 81.1 Å². The molecule has 0 aromatic heterocycles. The third-order valence-electron chi connectivity index (χ3n) is 4.52. The summed E-state index contributed by atoms with van der Waals surface area (Å²) >= 11 is 4.79. The van der Waals surface area contributed by atoms with Gasteiger partial charge in [0.05, 0.1) is 22.2 Å². The molecule has 4 rings (SSSR count). The molecule has 0 aliphatic carbocycles. The lowest BCUT2D eigenvalue weighted by atomic mass is 10.2.